The maximum atomic E-state index is 12.3. The number of aliphatic hydroxyl groups is 7. The lowest BCUT2D eigenvalue weighted by atomic mass is 9.63. The molecule has 270 valence electrons. The Balaban J connectivity index is 2.99. The number of methoxy groups -OCH3 is 1. The van der Waals surface area contributed by atoms with E-state index in [0.717, 1.165) is 0 Å². The van der Waals surface area contributed by atoms with E-state index in [0.29, 0.717) is 0 Å². The molecule has 46 heavy (non-hydrogen) atoms. The van der Waals surface area contributed by atoms with Crippen LogP contribution in [0.1, 0.15) is 60.3 Å². The Labute approximate surface area is 268 Å². The van der Waals surface area contributed by atoms with Crippen LogP contribution in [0.5, 0.6) is 0 Å². The molecule has 0 aromatic heterocycles. The lowest BCUT2D eigenvalue weighted by Crippen LogP contribution is -2.74. The van der Waals surface area contributed by atoms with Gasteiger partial charge in [-0.25, -0.2) is 4.79 Å². The summed E-state index contributed by atoms with van der Waals surface area (Å²) in [6, 6.07) is -0.603. The highest BCUT2D eigenvalue weighted by molar-refractivity contribution is 5.77. The Morgan fingerprint density at radius 1 is 0.978 bits per heavy atom. The number of rotatable bonds is 23. The molecule has 0 aliphatic heterocycles. The Morgan fingerprint density at radius 2 is 1.59 bits per heavy atom. The van der Waals surface area contributed by atoms with Crippen molar-refractivity contribution < 1.29 is 74.2 Å². The van der Waals surface area contributed by atoms with Crippen molar-refractivity contribution in [2.24, 2.45) is 11.8 Å². The highest BCUT2D eigenvalue weighted by atomic mass is 16.7. The van der Waals surface area contributed by atoms with Gasteiger partial charge in [0.05, 0.1) is 38.6 Å². The number of amides is 2. The van der Waals surface area contributed by atoms with E-state index in [1.54, 1.807) is 6.92 Å². The number of hydrogen-bond acceptors (Lipinski definition) is 14. The van der Waals surface area contributed by atoms with Crippen molar-refractivity contribution in [1.82, 2.24) is 10.6 Å². The molecule has 12 atom stereocenters. The molecule has 0 aromatic rings. The van der Waals surface area contributed by atoms with Gasteiger partial charge >= 0.3 is 5.97 Å². The van der Waals surface area contributed by atoms with E-state index in [1.807, 2.05) is 0 Å². The molecule has 10 N–H and O–H groups in total. The van der Waals surface area contributed by atoms with Gasteiger partial charge in [0.1, 0.15) is 23.9 Å². The van der Waals surface area contributed by atoms with Gasteiger partial charge in [-0.3, -0.25) is 9.59 Å². The van der Waals surface area contributed by atoms with Crippen molar-refractivity contribution in [2.45, 2.75) is 121 Å². The predicted molar refractivity (Wildman–Crippen MR) is 159 cm³/mol. The summed E-state index contributed by atoms with van der Waals surface area (Å²) in [5.41, 5.74) is -3.32. The number of aliphatic hydroxyl groups excluding tert-OH is 7. The van der Waals surface area contributed by atoms with E-state index in [1.165, 1.54) is 34.8 Å². The van der Waals surface area contributed by atoms with E-state index in [-0.39, 0.29) is 37.5 Å². The normalized spacial score (nSPS) is 26.3. The summed E-state index contributed by atoms with van der Waals surface area (Å²) in [6.45, 7) is 4.26. The van der Waals surface area contributed by atoms with Crippen LogP contribution in [0.15, 0.2) is 0 Å². The molecule has 2 amide bonds. The van der Waals surface area contributed by atoms with E-state index in [4.69, 9.17) is 18.9 Å². The number of carbonyl (C=O) groups is 3. The number of nitrogens with one attached hydrogen (secondary N) is 2. The molecular weight excluding hydrogens is 616 g/mol. The van der Waals surface area contributed by atoms with Crippen LogP contribution < -0.4 is 10.6 Å². The molecule has 0 bridgehead atoms. The van der Waals surface area contributed by atoms with Crippen LogP contribution >= 0.6 is 0 Å². The fraction of sp³-hybridized carbons (Fsp3) is 0.897. The smallest absolute Gasteiger partial charge is 0.335 e. The maximum absolute atomic E-state index is 12.3. The van der Waals surface area contributed by atoms with Crippen molar-refractivity contribution in [3.05, 3.63) is 0 Å². The summed E-state index contributed by atoms with van der Waals surface area (Å²) in [6.07, 6.45) is -9.11. The molecule has 0 spiro atoms. The third kappa shape index (κ3) is 11.3. The molecular formula is C29H54N2O15. The van der Waals surface area contributed by atoms with Gasteiger partial charge in [0, 0.05) is 39.3 Å². The van der Waals surface area contributed by atoms with E-state index >= 15 is 0 Å². The molecule has 1 aliphatic rings. The molecule has 1 aliphatic carbocycles. The summed E-state index contributed by atoms with van der Waals surface area (Å²) in [5.74, 6) is -3.46. The lowest BCUT2D eigenvalue weighted by Gasteiger charge is -2.56. The molecule has 0 aromatic carbocycles. The second kappa shape index (κ2) is 19.1. The first kappa shape index (κ1) is 42.0. The van der Waals surface area contributed by atoms with Crippen LogP contribution in [-0.4, -0.2) is 152 Å². The third-order valence-electron chi connectivity index (χ3n) is 8.50. The minimum atomic E-state index is -1.99. The lowest BCUT2D eigenvalue weighted by molar-refractivity contribution is -0.284. The molecule has 6 unspecified atom stereocenters. The first-order chi connectivity index (χ1) is 21.4. The first-order valence-corrected chi connectivity index (χ1v) is 15.2. The summed E-state index contributed by atoms with van der Waals surface area (Å²) in [5, 5.41) is 85.7. The van der Waals surface area contributed by atoms with Gasteiger partial charge in [0.25, 0.3) is 0 Å². The fourth-order valence-corrected chi connectivity index (χ4v) is 5.87. The zero-order valence-electron chi connectivity index (χ0n) is 27.4. The maximum Gasteiger partial charge on any atom is 0.335 e. The average Bonchev–Trinajstić information content (AvgIpc) is 2.98. The molecule has 0 heterocycles. The van der Waals surface area contributed by atoms with Crippen molar-refractivity contribution in [2.75, 3.05) is 33.5 Å². The van der Waals surface area contributed by atoms with Gasteiger partial charge in [-0.15, -0.1) is 0 Å². The Kier molecular flexibility index (Phi) is 17.4. The largest absolute Gasteiger partial charge is 0.479 e. The van der Waals surface area contributed by atoms with E-state index < -0.39 is 105 Å². The molecule has 1 fully saturated rings. The standard InChI is InChI=1S/C29H54N2O15/c1-15(9-19(38)11-32)21(30-16(2)36)7-8-28(5,26(40)41)46-24(14-35)25(39)23(13-34)45-18(4)44-22-10-29(20(22)12-33,27(42)43-6)31-17(3)37/h15,18-25,27,32-35,38-39,42H,7-14H2,1-6H3,(H,30,36)(H,31,37)(H,40,41)/t15?,18?,19-,20?,21?,22-,23?,24?,25-,27-,28-,29+/m0/s1. The summed E-state index contributed by atoms with van der Waals surface area (Å²) in [4.78, 5) is 35.9. The summed E-state index contributed by atoms with van der Waals surface area (Å²) in [7, 11) is 1.23. The van der Waals surface area contributed by atoms with Gasteiger partial charge in [-0.05, 0) is 39.0 Å². The summed E-state index contributed by atoms with van der Waals surface area (Å²) < 4.78 is 22.2. The van der Waals surface area contributed by atoms with Crippen LogP contribution in [0.3, 0.4) is 0 Å². The van der Waals surface area contributed by atoms with Gasteiger partial charge in [-0.2, -0.15) is 0 Å². The van der Waals surface area contributed by atoms with Gasteiger partial charge < -0.3 is 70.4 Å². The summed E-state index contributed by atoms with van der Waals surface area (Å²) >= 11 is 0. The van der Waals surface area contributed by atoms with Crippen LogP contribution in [-0.2, 0) is 33.3 Å². The van der Waals surface area contributed by atoms with Crippen LogP contribution in [0, 0.1) is 11.8 Å². The zero-order chi connectivity index (χ0) is 35.4. The minimum Gasteiger partial charge on any atom is -0.479 e. The van der Waals surface area contributed by atoms with Gasteiger partial charge in [0.15, 0.2) is 18.2 Å². The number of carbonyl (C=O) groups excluding carboxylic acids is 2. The Hall–Kier alpha value is -2.03. The Bertz CT molecular complexity index is 960. The van der Waals surface area contributed by atoms with Crippen LogP contribution in [0.25, 0.3) is 0 Å². The number of carboxylic acid groups (broad SMARTS) is 1. The highest BCUT2D eigenvalue weighted by Crippen LogP contribution is 2.44. The molecule has 17 heteroatoms. The zero-order valence-corrected chi connectivity index (χ0v) is 27.4. The molecule has 17 nitrogen and oxygen atoms in total. The van der Waals surface area contributed by atoms with Crippen molar-refractivity contribution >= 4 is 17.8 Å². The third-order valence-corrected chi connectivity index (χ3v) is 8.50. The van der Waals surface area contributed by atoms with Gasteiger partial charge in [-0.1, -0.05) is 6.92 Å². The van der Waals surface area contributed by atoms with Gasteiger partial charge in [0.2, 0.25) is 11.8 Å². The molecule has 0 radical (unpaired) electrons. The molecule has 0 saturated heterocycles. The molecule has 1 rings (SSSR count). The quantitative estimate of drug-likeness (QED) is 0.0492. The predicted octanol–water partition coefficient (Wildman–Crippen LogP) is -2.81. The molecule has 1 saturated carbocycles. The minimum absolute atomic E-state index is 0.0310. The highest BCUT2D eigenvalue weighted by Gasteiger charge is 2.60. The number of aliphatic carboxylic acids is 1. The van der Waals surface area contributed by atoms with E-state index in [2.05, 4.69) is 10.6 Å². The second-order valence-corrected chi connectivity index (χ2v) is 12.2. The fourth-order valence-electron chi connectivity index (χ4n) is 5.87. The number of ether oxygens (including phenoxy) is 4. The monoisotopic (exact) mass is 670 g/mol. The first-order valence-electron chi connectivity index (χ1n) is 15.2. The number of carboxylic acids is 1. The van der Waals surface area contributed by atoms with Crippen molar-refractivity contribution in [1.29, 1.82) is 0 Å². The van der Waals surface area contributed by atoms with Crippen LogP contribution in [0.2, 0.25) is 0 Å². The average molecular weight is 671 g/mol. The van der Waals surface area contributed by atoms with Crippen molar-refractivity contribution in [3.63, 3.8) is 0 Å². The Morgan fingerprint density at radius 3 is 2.04 bits per heavy atom. The SMILES string of the molecule is CO[C@H](O)[C@@]1(NC(C)=O)C[C@H](OC(C)OC(CO)[C@H](O)C(CO)O[C@@](C)(CCC(NC(C)=O)C(C)C[C@H](O)CO)C(=O)O)C1CO. The van der Waals surface area contributed by atoms with Crippen molar-refractivity contribution in [3.8, 4) is 0 Å². The topological polar surface area (TPSA) is 274 Å². The van der Waals surface area contributed by atoms with Crippen LogP contribution in [0.4, 0.5) is 0 Å². The number of hydrogen-bond donors (Lipinski definition) is 10. The van der Waals surface area contributed by atoms with E-state index in [9.17, 15) is 55.2 Å². The second-order valence-electron chi connectivity index (χ2n) is 12.2.